The Hall–Kier alpha value is 0.700. The van der Waals surface area contributed by atoms with E-state index in [-0.39, 0.29) is 0 Å². The number of fused-ring (bicyclic) bond motifs is 2. The van der Waals surface area contributed by atoms with Crippen molar-refractivity contribution >= 4 is 31.9 Å². The van der Waals surface area contributed by atoms with Crippen molar-refractivity contribution in [3.05, 3.63) is 12.2 Å². The summed E-state index contributed by atoms with van der Waals surface area (Å²) >= 11 is 7.21. The maximum atomic E-state index is 3.60. The third kappa shape index (κ3) is 1.23. The molecule has 0 heterocycles. The van der Waals surface area contributed by atoms with Gasteiger partial charge in [-0.15, -0.1) is 0 Å². The molecule has 11 heavy (non-hydrogen) atoms. The van der Waals surface area contributed by atoms with Crippen LogP contribution in [0.1, 0.15) is 6.42 Å². The minimum atomic E-state index is 0.877. The smallest absolute Gasteiger partial charge is 0.00684 e. The van der Waals surface area contributed by atoms with E-state index in [0.717, 1.165) is 23.7 Å². The highest BCUT2D eigenvalue weighted by Crippen LogP contribution is 2.49. The third-order valence-corrected chi connectivity index (χ3v) is 4.65. The molecule has 2 unspecified atom stereocenters. The Labute approximate surface area is 84.7 Å². The van der Waals surface area contributed by atoms with Crippen LogP contribution < -0.4 is 0 Å². The quantitative estimate of drug-likeness (QED) is 0.538. The second-order valence-corrected chi connectivity index (χ2v) is 4.88. The minimum absolute atomic E-state index is 0.877. The van der Waals surface area contributed by atoms with E-state index in [0.29, 0.717) is 0 Å². The molecule has 0 N–H and O–H groups in total. The number of hydrogen-bond donors (Lipinski definition) is 0. The fraction of sp³-hybridized carbons (Fsp3) is 0.778. The van der Waals surface area contributed by atoms with E-state index < -0.39 is 0 Å². The normalized spacial score (nSPS) is 47.1. The first-order valence-corrected chi connectivity index (χ1v) is 6.41. The lowest BCUT2D eigenvalue weighted by atomic mass is 9.86. The Kier molecular flexibility index (Phi) is 2.43. The predicted octanol–water partition coefficient (Wildman–Crippen LogP) is 3.21. The van der Waals surface area contributed by atoms with Gasteiger partial charge in [-0.05, 0) is 30.1 Å². The van der Waals surface area contributed by atoms with Crippen molar-refractivity contribution in [2.45, 2.75) is 6.42 Å². The number of hydrogen-bond acceptors (Lipinski definition) is 0. The Balaban J connectivity index is 2.15. The predicted molar refractivity (Wildman–Crippen MR) is 55.3 cm³/mol. The van der Waals surface area contributed by atoms with Crippen LogP contribution in [0.25, 0.3) is 0 Å². The molecule has 0 aromatic rings. The average molecular weight is 280 g/mol. The first-order chi connectivity index (χ1) is 5.36. The SMILES string of the molecule is BrC[C@H]1C2C=CC(C2)[C@@H]1CBr. The van der Waals surface area contributed by atoms with Crippen molar-refractivity contribution < 1.29 is 0 Å². The topological polar surface area (TPSA) is 0 Å². The summed E-state index contributed by atoms with van der Waals surface area (Å²) in [6.07, 6.45) is 6.23. The van der Waals surface area contributed by atoms with Crippen LogP contribution in [-0.4, -0.2) is 10.7 Å². The van der Waals surface area contributed by atoms with Crippen LogP contribution in [0, 0.1) is 23.7 Å². The number of allylic oxidation sites excluding steroid dienone is 2. The lowest BCUT2D eigenvalue weighted by Gasteiger charge is -2.24. The number of halogens is 2. The molecule has 0 aromatic carbocycles. The van der Waals surface area contributed by atoms with E-state index in [9.17, 15) is 0 Å². The Morgan fingerprint density at radius 3 is 1.82 bits per heavy atom. The molecule has 2 bridgehead atoms. The van der Waals surface area contributed by atoms with Gasteiger partial charge in [-0.2, -0.15) is 0 Å². The summed E-state index contributed by atoms with van der Waals surface area (Å²) in [5.41, 5.74) is 0. The van der Waals surface area contributed by atoms with E-state index in [1.807, 2.05) is 0 Å². The van der Waals surface area contributed by atoms with Gasteiger partial charge in [-0.25, -0.2) is 0 Å². The van der Waals surface area contributed by atoms with Gasteiger partial charge in [0.05, 0.1) is 0 Å². The summed E-state index contributed by atoms with van der Waals surface area (Å²) in [7, 11) is 0. The molecule has 2 heteroatoms. The zero-order valence-corrected chi connectivity index (χ0v) is 9.51. The van der Waals surface area contributed by atoms with Crippen molar-refractivity contribution in [2.75, 3.05) is 10.7 Å². The molecular weight excluding hydrogens is 268 g/mol. The van der Waals surface area contributed by atoms with E-state index in [1.54, 1.807) is 0 Å². The first-order valence-electron chi connectivity index (χ1n) is 4.17. The van der Waals surface area contributed by atoms with Gasteiger partial charge in [0, 0.05) is 10.7 Å². The second-order valence-electron chi connectivity index (χ2n) is 3.58. The maximum absolute atomic E-state index is 3.60. The molecule has 4 atom stereocenters. The van der Waals surface area contributed by atoms with Crippen LogP contribution in [0.5, 0.6) is 0 Å². The van der Waals surface area contributed by atoms with Crippen LogP contribution in [0.4, 0.5) is 0 Å². The molecule has 0 nitrogen and oxygen atoms in total. The molecule has 0 amide bonds. The highest BCUT2D eigenvalue weighted by Gasteiger charge is 2.42. The number of alkyl halides is 2. The zero-order chi connectivity index (χ0) is 7.84. The van der Waals surface area contributed by atoms with Gasteiger partial charge in [0.2, 0.25) is 0 Å². The molecule has 0 radical (unpaired) electrons. The standard InChI is InChI=1S/C9H12Br2/c10-4-8-6-1-2-7(3-6)9(8)5-11/h1-2,6-9H,3-5H2/t6?,7?,8-,9-/m0/s1. The monoisotopic (exact) mass is 278 g/mol. The van der Waals surface area contributed by atoms with Crippen LogP contribution >= 0.6 is 31.9 Å². The fourth-order valence-corrected chi connectivity index (χ4v) is 4.41. The molecule has 62 valence electrons. The van der Waals surface area contributed by atoms with Gasteiger partial charge in [0.25, 0.3) is 0 Å². The van der Waals surface area contributed by atoms with Gasteiger partial charge in [0.15, 0.2) is 0 Å². The molecule has 0 aromatic heterocycles. The van der Waals surface area contributed by atoms with Gasteiger partial charge in [-0.3, -0.25) is 0 Å². The van der Waals surface area contributed by atoms with Crippen molar-refractivity contribution in [2.24, 2.45) is 23.7 Å². The largest absolute Gasteiger partial charge is 0.0925 e. The maximum Gasteiger partial charge on any atom is 0.00684 e. The Morgan fingerprint density at radius 1 is 1.00 bits per heavy atom. The third-order valence-electron chi connectivity index (χ3n) is 3.16. The molecule has 0 spiro atoms. The van der Waals surface area contributed by atoms with Crippen molar-refractivity contribution in [3.8, 4) is 0 Å². The first kappa shape index (κ1) is 8.31. The fourth-order valence-electron chi connectivity index (χ4n) is 2.48. The van der Waals surface area contributed by atoms with Crippen molar-refractivity contribution in [3.63, 3.8) is 0 Å². The molecule has 2 rings (SSSR count). The van der Waals surface area contributed by atoms with Crippen LogP contribution in [0.2, 0.25) is 0 Å². The van der Waals surface area contributed by atoms with E-state index in [4.69, 9.17) is 0 Å². The highest BCUT2D eigenvalue weighted by molar-refractivity contribution is 9.09. The second kappa shape index (κ2) is 3.21. The van der Waals surface area contributed by atoms with Crippen molar-refractivity contribution in [1.82, 2.24) is 0 Å². The summed E-state index contributed by atoms with van der Waals surface area (Å²) in [6.45, 7) is 0. The number of rotatable bonds is 2. The van der Waals surface area contributed by atoms with E-state index >= 15 is 0 Å². The molecule has 2 aliphatic rings. The molecule has 1 saturated carbocycles. The van der Waals surface area contributed by atoms with E-state index in [1.165, 1.54) is 17.1 Å². The summed E-state index contributed by atoms with van der Waals surface area (Å²) in [5, 5.41) is 2.35. The van der Waals surface area contributed by atoms with Crippen LogP contribution in [0.3, 0.4) is 0 Å². The van der Waals surface area contributed by atoms with Crippen LogP contribution in [0.15, 0.2) is 12.2 Å². The molecule has 2 aliphatic carbocycles. The Morgan fingerprint density at radius 2 is 1.45 bits per heavy atom. The van der Waals surface area contributed by atoms with E-state index in [2.05, 4.69) is 44.0 Å². The van der Waals surface area contributed by atoms with Gasteiger partial charge < -0.3 is 0 Å². The zero-order valence-electron chi connectivity index (χ0n) is 6.34. The van der Waals surface area contributed by atoms with Gasteiger partial charge in [-0.1, -0.05) is 44.0 Å². The lowest BCUT2D eigenvalue weighted by Crippen LogP contribution is -2.21. The highest BCUT2D eigenvalue weighted by atomic mass is 79.9. The van der Waals surface area contributed by atoms with Gasteiger partial charge in [0.1, 0.15) is 0 Å². The van der Waals surface area contributed by atoms with Crippen molar-refractivity contribution in [1.29, 1.82) is 0 Å². The summed E-state index contributed by atoms with van der Waals surface area (Å²) < 4.78 is 0. The molecule has 0 saturated heterocycles. The molecular formula is C9H12Br2. The summed E-state index contributed by atoms with van der Waals surface area (Å²) in [5.74, 6) is 3.54. The average Bonchev–Trinajstić information content (AvgIpc) is 2.60. The summed E-state index contributed by atoms with van der Waals surface area (Å²) in [6, 6.07) is 0. The molecule has 1 fully saturated rings. The summed E-state index contributed by atoms with van der Waals surface area (Å²) in [4.78, 5) is 0. The minimum Gasteiger partial charge on any atom is -0.0925 e. The Bertz CT molecular complexity index is 158. The van der Waals surface area contributed by atoms with Crippen LogP contribution in [-0.2, 0) is 0 Å². The van der Waals surface area contributed by atoms with Gasteiger partial charge >= 0.3 is 0 Å². The molecule has 0 aliphatic heterocycles. The lowest BCUT2D eigenvalue weighted by molar-refractivity contribution is 0.381.